The maximum atomic E-state index is 6.05. The second-order valence-electron chi connectivity index (χ2n) is 5.32. The molecule has 1 fully saturated rings. The van der Waals surface area contributed by atoms with Crippen LogP contribution in [0.15, 0.2) is 48.5 Å². The molecule has 1 atom stereocenters. The predicted molar refractivity (Wildman–Crippen MR) is 85.4 cm³/mol. The number of benzene rings is 2. The Hall–Kier alpha value is -1.51. The molecule has 1 aliphatic rings. The minimum atomic E-state index is 0.530. The van der Waals surface area contributed by atoms with Crippen LogP contribution in [0.2, 0.25) is 5.02 Å². The lowest BCUT2D eigenvalue weighted by atomic mass is 9.99. The molecule has 0 bridgehead atoms. The summed E-state index contributed by atoms with van der Waals surface area (Å²) >= 11 is 6.05. The van der Waals surface area contributed by atoms with Crippen molar-refractivity contribution in [1.82, 2.24) is 0 Å². The standard InChI is InChI=1S/C17H19ClN2/c18-16-6-7-17(15(10-16)11-19)20-9-8-14(12-20)13-4-2-1-3-5-13/h1-7,10,14H,8-9,11-12,19H2. The lowest BCUT2D eigenvalue weighted by Gasteiger charge is -2.22. The minimum absolute atomic E-state index is 0.530. The van der Waals surface area contributed by atoms with Crippen LogP contribution in [0, 0.1) is 0 Å². The van der Waals surface area contributed by atoms with Crippen molar-refractivity contribution in [2.75, 3.05) is 18.0 Å². The fourth-order valence-electron chi connectivity index (χ4n) is 3.00. The van der Waals surface area contributed by atoms with E-state index in [0.29, 0.717) is 12.5 Å². The van der Waals surface area contributed by atoms with Crippen molar-refractivity contribution in [3.05, 3.63) is 64.7 Å². The Morgan fingerprint density at radius 3 is 2.70 bits per heavy atom. The van der Waals surface area contributed by atoms with Gasteiger partial charge in [-0.25, -0.2) is 0 Å². The van der Waals surface area contributed by atoms with Crippen molar-refractivity contribution in [3.8, 4) is 0 Å². The summed E-state index contributed by atoms with van der Waals surface area (Å²) in [7, 11) is 0. The molecule has 1 heterocycles. The third-order valence-electron chi connectivity index (χ3n) is 4.06. The first-order chi connectivity index (χ1) is 9.78. The van der Waals surface area contributed by atoms with Crippen LogP contribution < -0.4 is 10.6 Å². The van der Waals surface area contributed by atoms with Gasteiger partial charge in [-0.2, -0.15) is 0 Å². The molecule has 0 saturated carbocycles. The lowest BCUT2D eigenvalue weighted by molar-refractivity contribution is 0.775. The van der Waals surface area contributed by atoms with Crippen LogP contribution in [-0.4, -0.2) is 13.1 Å². The maximum Gasteiger partial charge on any atom is 0.0413 e. The Labute approximate surface area is 125 Å². The Kier molecular flexibility index (Phi) is 3.95. The molecule has 0 aromatic heterocycles. The van der Waals surface area contributed by atoms with Crippen LogP contribution in [0.4, 0.5) is 5.69 Å². The van der Waals surface area contributed by atoms with Gasteiger partial charge in [-0.1, -0.05) is 41.9 Å². The zero-order valence-corrected chi connectivity index (χ0v) is 12.2. The summed E-state index contributed by atoms with van der Waals surface area (Å²) in [5, 5.41) is 0.757. The predicted octanol–water partition coefficient (Wildman–Crippen LogP) is 3.79. The molecule has 3 rings (SSSR count). The zero-order chi connectivity index (χ0) is 13.9. The number of rotatable bonds is 3. The van der Waals surface area contributed by atoms with Crippen LogP contribution in [0.25, 0.3) is 0 Å². The zero-order valence-electron chi connectivity index (χ0n) is 11.4. The summed E-state index contributed by atoms with van der Waals surface area (Å²) < 4.78 is 0. The molecule has 20 heavy (non-hydrogen) atoms. The fourth-order valence-corrected chi connectivity index (χ4v) is 3.20. The molecule has 3 heteroatoms. The van der Waals surface area contributed by atoms with Crippen LogP contribution >= 0.6 is 11.6 Å². The Balaban J connectivity index is 1.81. The number of hydrogen-bond acceptors (Lipinski definition) is 2. The van der Waals surface area contributed by atoms with Crippen molar-refractivity contribution < 1.29 is 0 Å². The number of anilines is 1. The van der Waals surface area contributed by atoms with Crippen molar-refractivity contribution in [1.29, 1.82) is 0 Å². The molecule has 1 aliphatic heterocycles. The molecule has 2 aromatic rings. The normalized spacial score (nSPS) is 18.5. The fraction of sp³-hybridized carbons (Fsp3) is 0.294. The van der Waals surface area contributed by atoms with Gasteiger partial charge in [-0.15, -0.1) is 0 Å². The third kappa shape index (κ3) is 2.67. The number of halogens is 1. The second-order valence-corrected chi connectivity index (χ2v) is 5.76. The van der Waals surface area contributed by atoms with Crippen LogP contribution in [0.1, 0.15) is 23.5 Å². The second kappa shape index (κ2) is 5.86. The largest absolute Gasteiger partial charge is 0.371 e. The highest BCUT2D eigenvalue weighted by atomic mass is 35.5. The van der Waals surface area contributed by atoms with Gasteiger partial charge in [-0.05, 0) is 35.7 Å². The van der Waals surface area contributed by atoms with E-state index >= 15 is 0 Å². The highest BCUT2D eigenvalue weighted by Crippen LogP contribution is 2.33. The molecule has 0 spiro atoms. The third-order valence-corrected chi connectivity index (χ3v) is 4.30. The summed E-state index contributed by atoms with van der Waals surface area (Å²) in [4.78, 5) is 2.43. The van der Waals surface area contributed by atoms with E-state index in [4.69, 9.17) is 17.3 Å². The summed E-state index contributed by atoms with van der Waals surface area (Å²) in [6.45, 7) is 2.66. The van der Waals surface area contributed by atoms with Crippen molar-refractivity contribution in [2.45, 2.75) is 18.9 Å². The van der Waals surface area contributed by atoms with Gasteiger partial charge >= 0.3 is 0 Å². The highest BCUT2D eigenvalue weighted by Gasteiger charge is 2.25. The molecule has 0 aliphatic carbocycles. The number of hydrogen-bond donors (Lipinski definition) is 1. The molecular formula is C17H19ClN2. The first-order valence-electron chi connectivity index (χ1n) is 7.06. The van der Waals surface area contributed by atoms with E-state index in [-0.39, 0.29) is 0 Å². The molecular weight excluding hydrogens is 268 g/mol. The summed E-state index contributed by atoms with van der Waals surface area (Å²) in [5.74, 6) is 0.609. The summed E-state index contributed by atoms with van der Waals surface area (Å²) in [6.07, 6.45) is 1.19. The van der Waals surface area contributed by atoms with Crippen molar-refractivity contribution in [3.63, 3.8) is 0 Å². The van der Waals surface area contributed by atoms with Gasteiger partial charge in [0.15, 0.2) is 0 Å². The molecule has 1 unspecified atom stereocenters. The quantitative estimate of drug-likeness (QED) is 0.930. The SMILES string of the molecule is NCc1cc(Cl)ccc1N1CCC(c2ccccc2)C1. The average molecular weight is 287 g/mol. The smallest absolute Gasteiger partial charge is 0.0413 e. The van der Waals surface area contributed by atoms with Gasteiger partial charge in [0, 0.05) is 36.3 Å². The first kappa shape index (κ1) is 13.5. The van der Waals surface area contributed by atoms with Gasteiger partial charge in [-0.3, -0.25) is 0 Å². The molecule has 0 radical (unpaired) electrons. The first-order valence-corrected chi connectivity index (χ1v) is 7.44. The molecule has 2 nitrogen and oxygen atoms in total. The van der Waals surface area contributed by atoms with Crippen LogP contribution in [0.3, 0.4) is 0 Å². The maximum absolute atomic E-state index is 6.05. The van der Waals surface area contributed by atoms with Crippen LogP contribution in [0.5, 0.6) is 0 Å². The average Bonchev–Trinajstić information content (AvgIpc) is 2.97. The van der Waals surface area contributed by atoms with E-state index in [1.54, 1.807) is 0 Å². The Morgan fingerprint density at radius 2 is 1.95 bits per heavy atom. The highest BCUT2D eigenvalue weighted by molar-refractivity contribution is 6.30. The molecule has 2 aromatic carbocycles. The monoisotopic (exact) mass is 286 g/mol. The molecule has 1 saturated heterocycles. The van der Waals surface area contributed by atoms with Gasteiger partial charge in [0.2, 0.25) is 0 Å². The Morgan fingerprint density at radius 1 is 1.15 bits per heavy atom. The van der Waals surface area contributed by atoms with E-state index in [2.05, 4.69) is 41.3 Å². The van der Waals surface area contributed by atoms with E-state index in [0.717, 1.165) is 23.7 Å². The van der Waals surface area contributed by atoms with Gasteiger partial charge in [0.1, 0.15) is 0 Å². The van der Waals surface area contributed by atoms with Crippen molar-refractivity contribution >= 4 is 17.3 Å². The molecule has 2 N–H and O–H groups in total. The number of nitrogens with zero attached hydrogens (tertiary/aromatic N) is 1. The summed E-state index contributed by atoms with van der Waals surface area (Å²) in [6, 6.07) is 16.8. The van der Waals surface area contributed by atoms with Gasteiger partial charge in [0.05, 0.1) is 0 Å². The number of nitrogens with two attached hydrogens (primary N) is 1. The van der Waals surface area contributed by atoms with Crippen molar-refractivity contribution in [2.24, 2.45) is 5.73 Å². The summed E-state index contributed by atoms with van der Waals surface area (Å²) in [5.41, 5.74) is 9.64. The van der Waals surface area contributed by atoms with E-state index < -0.39 is 0 Å². The Bertz CT molecular complexity index is 583. The van der Waals surface area contributed by atoms with E-state index in [1.807, 2.05) is 12.1 Å². The van der Waals surface area contributed by atoms with E-state index in [1.165, 1.54) is 17.7 Å². The minimum Gasteiger partial charge on any atom is -0.371 e. The molecule has 104 valence electrons. The van der Waals surface area contributed by atoms with E-state index in [9.17, 15) is 0 Å². The molecule has 0 amide bonds. The topological polar surface area (TPSA) is 29.3 Å². The van der Waals surface area contributed by atoms with Gasteiger partial charge < -0.3 is 10.6 Å². The lowest BCUT2D eigenvalue weighted by Crippen LogP contribution is -2.21. The van der Waals surface area contributed by atoms with Gasteiger partial charge in [0.25, 0.3) is 0 Å². The van der Waals surface area contributed by atoms with Crippen LogP contribution in [-0.2, 0) is 6.54 Å².